The highest BCUT2D eigenvalue weighted by atomic mass is 16.1. The minimum atomic E-state index is -0.295. The van der Waals surface area contributed by atoms with Gasteiger partial charge in [-0.1, -0.05) is 37.5 Å². The topological polar surface area (TPSA) is 82.9 Å². The Morgan fingerprint density at radius 1 is 1.06 bits per heavy atom. The second-order valence-electron chi connectivity index (χ2n) is 11.0. The summed E-state index contributed by atoms with van der Waals surface area (Å²) in [7, 11) is 0. The minimum absolute atomic E-state index is 0.0648. The van der Waals surface area contributed by atoms with Crippen LogP contribution in [0.3, 0.4) is 0 Å². The molecule has 8 nitrogen and oxygen atoms in total. The molecule has 2 aliphatic rings. The molecule has 1 saturated carbocycles. The molecule has 2 fully saturated rings. The minimum Gasteiger partial charge on any atom is -0.321 e. The average Bonchev–Trinajstić information content (AvgIpc) is 3.32. The second kappa shape index (κ2) is 9.23. The Balaban J connectivity index is 1.53. The van der Waals surface area contributed by atoms with Gasteiger partial charge >= 0.3 is 0 Å². The van der Waals surface area contributed by atoms with E-state index in [0.29, 0.717) is 11.6 Å². The largest absolute Gasteiger partial charge is 0.321 e. The quantitative estimate of drug-likeness (QED) is 0.636. The Morgan fingerprint density at radius 2 is 1.79 bits per heavy atom. The Labute approximate surface area is 201 Å². The molecule has 1 aliphatic heterocycles. The third-order valence-corrected chi connectivity index (χ3v) is 7.59. The van der Waals surface area contributed by atoms with E-state index in [2.05, 4.69) is 57.1 Å². The smallest absolute Gasteiger partial charge is 0.253 e. The number of nitrogens with one attached hydrogen (secondary N) is 1. The van der Waals surface area contributed by atoms with Gasteiger partial charge in [-0.3, -0.25) is 14.6 Å². The number of aromatic amines is 1. The SMILES string of the molecule is Cc1cccc2cc(C(c3nnnn3C(C)(C)C)N3CCN(C4CCCCC4)CC3)c(=O)[nH]c12. The summed E-state index contributed by atoms with van der Waals surface area (Å²) < 4.78 is 1.88. The molecule has 0 spiro atoms. The first-order valence-electron chi connectivity index (χ1n) is 12.7. The van der Waals surface area contributed by atoms with E-state index in [-0.39, 0.29) is 17.1 Å². The summed E-state index contributed by atoms with van der Waals surface area (Å²) in [4.78, 5) is 21.7. The number of nitrogens with zero attached hydrogens (tertiary/aromatic N) is 6. The maximum atomic E-state index is 13.5. The van der Waals surface area contributed by atoms with E-state index >= 15 is 0 Å². The number of hydrogen-bond donors (Lipinski definition) is 1. The van der Waals surface area contributed by atoms with Crippen molar-refractivity contribution in [1.82, 2.24) is 35.0 Å². The molecule has 0 amide bonds. The summed E-state index contributed by atoms with van der Waals surface area (Å²) in [5.74, 6) is 0.733. The zero-order valence-corrected chi connectivity index (χ0v) is 20.9. The van der Waals surface area contributed by atoms with Crippen LogP contribution >= 0.6 is 0 Å². The molecule has 1 unspecified atom stereocenters. The van der Waals surface area contributed by atoms with Crippen molar-refractivity contribution in [1.29, 1.82) is 0 Å². The number of aryl methyl sites for hydroxylation is 1. The van der Waals surface area contributed by atoms with E-state index in [4.69, 9.17) is 0 Å². The van der Waals surface area contributed by atoms with E-state index in [0.717, 1.165) is 48.5 Å². The van der Waals surface area contributed by atoms with Crippen molar-refractivity contribution in [3.05, 3.63) is 51.6 Å². The molecule has 182 valence electrons. The molecule has 1 N–H and O–H groups in total. The lowest BCUT2D eigenvalue weighted by Crippen LogP contribution is -2.52. The summed E-state index contributed by atoms with van der Waals surface area (Å²) in [6, 6.07) is 8.59. The maximum Gasteiger partial charge on any atom is 0.253 e. The molecule has 2 aromatic heterocycles. The molecule has 0 radical (unpaired) electrons. The number of aromatic nitrogens is 5. The third-order valence-electron chi connectivity index (χ3n) is 7.59. The van der Waals surface area contributed by atoms with Crippen LogP contribution in [0.5, 0.6) is 0 Å². The van der Waals surface area contributed by atoms with Crippen molar-refractivity contribution in [2.45, 2.75) is 77.4 Å². The van der Waals surface area contributed by atoms with Gasteiger partial charge in [-0.05, 0) is 68.0 Å². The van der Waals surface area contributed by atoms with Gasteiger partial charge in [0.25, 0.3) is 5.56 Å². The van der Waals surface area contributed by atoms with Crippen LogP contribution < -0.4 is 5.56 Å². The van der Waals surface area contributed by atoms with Crippen molar-refractivity contribution >= 4 is 10.9 Å². The number of hydrogen-bond acceptors (Lipinski definition) is 6. The van der Waals surface area contributed by atoms with Crippen molar-refractivity contribution < 1.29 is 0 Å². The molecule has 1 saturated heterocycles. The van der Waals surface area contributed by atoms with Gasteiger partial charge in [-0.15, -0.1) is 5.10 Å². The van der Waals surface area contributed by atoms with Crippen LogP contribution in [0.1, 0.15) is 75.9 Å². The fraction of sp³-hybridized carbons (Fsp3) is 0.615. The van der Waals surface area contributed by atoms with Gasteiger partial charge in [-0.2, -0.15) is 0 Å². The molecule has 5 rings (SSSR count). The van der Waals surface area contributed by atoms with Gasteiger partial charge in [0.05, 0.1) is 11.1 Å². The van der Waals surface area contributed by atoms with Gasteiger partial charge in [-0.25, -0.2) is 4.68 Å². The number of tetrazole rings is 1. The van der Waals surface area contributed by atoms with E-state index in [9.17, 15) is 4.79 Å². The molecule has 3 heterocycles. The Morgan fingerprint density at radius 3 is 2.50 bits per heavy atom. The first kappa shape index (κ1) is 23.2. The number of fused-ring (bicyclic) bond motifs is 1. The van der Waals surface area contributed by atoms with Crippen LogP contribution in [0.25, 0.3) is 10.9 Å². The highest BCUT2D eigenvalue weighted by Crippen LogP contribution is 2.31. The van der Waals surface area contributed by atoms with Crippen molar-refractivity contribution in [2.75, 3.05) is 26.2 Å². The van der Waals surface area contributed by atoms with Gasteiger partial charge in [0.1, 0.15) is 6.04 Å². The lowest BCUT2D eigenvalue weighted by atomic mass is 9.93. The standard InChI is InChI=1S/C26H37N7O/c1-18-9-8-10-19-17-21(25(34)27-22(18)19)23(24-28-29-30-33(24)26(2,3)4)32-15-13-31(14-16-32)20-11-6-5-7-12-20/h8-10,17,20,23H,5-7,11-16H2,1-4H3,(H,27,34). The van der Waals surface area contributed by atoms with Crippen LogP contribution in [0.2, 0.25) is 0 Å². The van der Waals surface area contributed by atoms with Crippen LogP contribution in [-0.4, -0.2) is 67.2 Å². The molecular formula is C26H37N7O. The highest BCUT2D eigenvalue weighted by molar-refractivity contribution is 5.82. The van der Waals surface area contributed by atoms with Gasteiger partial charge in [0.15, 0.2) is 5.82 Å². The molecule has 8 heteroatoms. The number of H-pyrrole nitrogens is 1. The number of para-hydroxylation sites is 1. The lowest BCUT2D eigenvalue weighted by Gasteiger charge is -2.43. The van der Waals surface area contributed by atoms with E-state index in [1.807, 2.05) is 29.8 Å². The number of piperazine rings is 1. The molecule has 3 aromatic rings. The summed E-state index contributed by atoms with van der Waals surface area (Å²) >= 11 is 0. The van der Waals surface area contributed by atoms with Crippen molar-refractivity contribution in [2.24, 2.45) is 0 Å². The Hall–Kier alpha value is -2.58. The first-order chi connectivity index (χ1) is 16.3. The van der Waals surface area contributed by atoms with E-state index in [1.165, 1.54) is 32.1 Å². The number of benzene rings is 1. The summed E-state index contributed by atoms with van der Waals surface area (Å²) in [6.07, 6.45) is 6.70. The molecule has 34 heavy (non-hydrogen) atoms. The van der Waals surface area contributed by atoms with Crippen LogP contribution in [0.15, 0.2) is 29.1 Å². The van der Waals surface area contributed by atoms with Crippen LogP contribution in [0.4, 0.5) is 0 Å². The second-order valence-corrected chi connectivity index (χ2v) is 11.0. The Kier molecular flexibility index (Phi) is 6.29. The highest BCUT2D eigenvalue weighted by Gasteiger charge is 2.36. The summed E-state index contributed by atoms with van der Waals surface area (Å²) in [5, 5.41) is 13.9. The molecule has 0 bridgehead atoms. The predicted molar refractivity (Wildman–Crippen MR) is 134 cm³/mol. The third kappa shape index (κ3) is 4.41. The maximum absolute atomic E-state index is 13.5. The zero-order valence-electron chi connectivity index (χ0n) is 20.9. The predicted octanol–water partition coefficient (Wildman–Crippen LogP) is 3.62. The van der Waals surface area contributed by atoms with Crippen molar-refractivity contribution in [3.8, 4) is 0 Å². The average molecular weight is 464 g/mol. The molecular weight excluding hydrogens is 426 g/mol. The van der Waals surface area contributed by atoms with Gasteiger partial charge < -0.3 is 4.98 Å². The van der Waals surface area contributed by atoms with Gasteiger partial charge in [0, 0.05) is 37.8 Å². The van der Waals surface area contributed by atoms with E-state index in [1.54, 1.807) is 0 Å². The summed E-state index contributed by atoms with van der Waals surface area (Å²) in [6.45, 7) is 12.1. The molecule has 1 aromatic carbocycles. The van der Waals surface area contributed by atoms with Crippen LogP contribution in [0, 0.1) is 6.92 Å². The fourth-order valence-electron chi connectivity index (χ4n) is 5.75. The Bertz CT molecular complexity index is 1190. The van der Waals surface area contributed by atoms with Gasteiger partial charge in [0.2, 0.25) is 0 Å². The first-order valence-corrected chi connectivity index (χ1v) is 12.7. The summed E-state index contributed by atoms with van der Waals surface area (Å²) in [5.41, 5.74) is 2.32. The molecule has 1 atom stereocenters. The normalized spacial score (nSPS) is 20.1. The fourth-order valence-corrected chi connectivity index (χ4v) is 5.75. The number of rotatable bonds is 4. The van der Waals surface area contributed by atoms with E-state index < -0.39 is 0 Å². The lowest BCUT2D eigenvalue weighted by molar-refractivity contribution is 0.0606. The molecule has 1 aliphatic carbocycles. The van der Waals surface area contributed by atoms with Crippen LogP contribution in [-0.2, 0) is 5.54 Å². The zero-order chi connectivity index (χ0) is 23.9. The number of pyridine rings is 1. The van der Waals surface area contributed by atoms with Crippen molar-refractivity contribution in [3.63, 3.8) is 0 Å². The monoisotopic (exact) mass is 463 g/mol.